The van der Waals surface area contributed by atoms with Gasteiger partial charge < -0.3 is 0 Å². The SMILES string of the molecule is CC(C)Cn1nnc(C=O)c1C(Cl)(Cl)Cl. The Kier molecular flexibility index (Phi) is 3.98. The molecule has 4 nitrogen and oxygen atoms in total. The van der Waals surface area contributed by atoms with Gasteiger partial charge in [-0.15, -0.1) is 5.10 Å². The fraction of sp³-hybridized carbons (Fsp3) is 0.625. The Morgan fingerprint density at radius 1 is 1.47 bits per heavy atom. The van der Waals surface area contributed by atoms with Crippen molar-refractivity contribution in [3.05, 3.63) is 11.4 Å². The maximum Gasteiger partial charge on any atom is 0.234 e. The average Bonchev–Trinajstić information content (AvgIpc) is 2.45. The van der Waals surface area contributed by atoms with Crippen LogP contribution in [0.25, 0.3) is 0 Å². The van der Waals surface area contributed by atoms with E-state index in [-0.39, 0.29) is 11.4 Å². The lowest BCUT2D eigenvalue weighted by Gasteiger charge is -2.14. The topological polar surface area (TPSA) is 47.8 Å². The molecule has 0 saturated carbocycles. The maximum absolute atomic E-state index is 10.7. The first-order chi connectivity index (χ1) is 6.86. The van der Waals surface area contributed by atoms with Gasteiger partial charge >= 0.3 is 0 Å². The van der Waals surface area contributed by atoms with E-state index in [0.717, 1.165) is 0 Å². The van der Waals surface area contributed by atoms with Gasteiger partial charge in [-0.25, -0.2) is 4.68 Å². The van der Waals surface area contributed by atoms with Crippen LogP contribution in [-0.2, 0) is 10.3 Å². The van der Waals surface area contributed by atoms with E-state index in [1.54, 1.807) is 0 Å². The standard InChI is InChI=1S/C8H10Cl3N3O/c1-5(2)3-14-7(8(9,10)11)6(4-15)12-13-14/h4-5H,3H2,1-2H3. The molecule has 0 fully saturated rings. The van der Waals surface area contributed by atoms with E-state index < -0.39 is 3.79 Å². The van der Waals surface area contributed by atoms with Crippen LogP contribution in [0.1, 0.15) is 30.0 Å². The first-order valence-corrected chi connectivity index (χ1v) is 5.45. The molecule has 15 heavy (non-hydrogen) atoms. The summed E-state index contributed by atoms with van der Waals surface area (Å²) in [6, 6.07) is 0. The van der Waals surface area contributed by atoms with Crippen molar-refractivity contribution in [2.24, 2.45) is 5.92 Å². The van der Waals surface area contributed by atoms with Crippen LogP contribution >= 0.6 is 34.8 Å². The molecule has 0 saturated heterocycles. The van der Waals surface area contributed by atoms with E-state index in [1.807, 2.05) is 13.8 Å². The second-order valence-electron chi connectivity index (χ2n) is 3.51. The quantitative estimate of drug-likeness (QED) is 0.626. The Balaban J connectivity index is 3.17. The summed E-state index contributed by atoms with van der Waals surface area (Å²) in [5.74, 6) is 0.317. The van der Waals surface area contributed by atoms with E-state index in [1.165, 1.54) is 4.68 Å². The summed E-state index contributed by atoms with van der Waals surface area (Å²) in [5, 5.41) is 7.42. The minimum absolute atomic E-state index is 0.0654. The largest absolute Gasteiger partial charge is 0.296 e. The molecule has 1 rings (SSSR count). The predicted octanol–water partition coefficient (Wildman–Crippen LogP) is 2.57. The number of alkyl halides is 3. The van der Waals surface area contributed by atoms with Gasteiger partial charge in [0.1, 0.15) is 5.69 Å². The third kappa shape index (κ3) is 3.06. The third-order valence-corrected chi connectivity index (χ3v) is 2.22. The van der Waals surface area contributed by atoms with Crippen LogP contribution in [-0.4, -0.2) is 21.3 Å². The van der Waals surface area contributed by atoms with Crippen molar-refractivity contribution in [1.29, 1.82) is 0 Å². The highest BCUT2D eigenvalue weighted by molar-refractivity contribution is 6.66. The second kappa shape index (κ2) is 4.68. The van der Waals surface area contributed by atoms with Crippen LogP contribution < -0.4 is 0 Å². The molecule has 1 heterocycles. The number of carbonyl (C=O) groups is 1. The molecular formula is C8H10Cl3N3O. The van der Waals surface area contributed by atoms with Gasteiger partial charge in [-0.1, -0.05) is 53.9 Å². The van der Waals surface area contributed by atoms with Gasteiger partial charge in [0.15, 0.2) is 12.0 Å². The normalized spacial score (nSPS) is 12.1. The van der Waals surface area contributed by atoms with Crippen molar-refractivity contribution in [3.63, 3.8) is 0 Å². The van der Waals surface area contributed by atoms with Crippen molar-refractivity contribution in [1.82, 2.24) is 15.0 Å². The second-order valence-corrected chi connectivity index (χ2v) is 5.80. The fourth-order valence-corrected chi connectivity index (χ4v) is 1.75. The Labute approximate surface area is 102 Å². The van der Waals surface area contributed by atoms with E-state index in [0.29, 0.717) is 18.7 Å². The number of aldehydes is 1. The molecule has 0 amide bonds. The van der Waals surface area contributed by atoms with Crippen molar-refractivity contribution < 1.29 is 4.79 Å². The van der Waals surface area contributed by atoms with Crippen LogP contribution in [0.5, 0.6) is 0 Å². The summed E-state index contributed by atoms with van der Waals surface area (Å²) in [6.07, 6.45) is 0.529. The summed E-state index contributed by atoms with van der Waals surface area (Å²) in [5.41, 5.74) is 0.284. The molecule has 0 atom stereocenters. The zero-order valence-corrected chi connectivity index (χ0v) is 10.5. The number of carbonyl (C=O) groups excluding carboxylic acids is 1. The molecule has 0 aliphatic rings. The lowest BCUT2D eigenvalue weighted by molar-refractivity contribution is 0.111. The number of rotatable bonds is 3. The Hall–Kier alpha value is -0.320. The lowest BCUT2D eigenvalue weighted by atomic mass is 10.2. The van der Waals surface area contributed by atoms with Gasteiger partial charge in [-0.2, -0.15) is 0 Å². The molecule has 0 aliphatic heterocycles. The Morgan fingerprint density at radius 3 is 2.47 bits per heavy atom. The van der Waals surface area contributed by atoms with Gasteiger partial charge in [0.25, 0.3) is 0 Å². The van der Waals surface area contributed by atoms with Crippen molar-refractivity contribution >= 4 is 41.1 Å². The van der Waals surface area contributed by atoms with Crippen LogP contribution in [0.15, 0.2) is 0 Å². The Bertz CT molecular complexity index is 357. The van der Waals surface area contributed by atoms with Crippen LogP contribution in [0.2, 0.25) is 0 Å². The highest BCUT2D eigenvalue weighted by Gasteiger charge is 2.32. The molecule has 1 aromatic rings. The summed E-state index contributed by atoms with van der Waals surface area (Å²) >= 11 is 17.2. The van der Waals surface area contributed by atoms with E-state index in [9.17, 15) is 4.79 Å². The molecule has 0 aromatic carbocycles. The van der Waals surface area contributed by atoms with Crippen molar-refractivity contribution in [2.75, 3.05) is 0 Å². The number of nitrogens with zero attached hydrogens (tertiary/aromatic N) is 3. The van der Waals surface area contributed by atoms with E-state index in [4.69, 9.17) is 34.8 Å². The van der Waals surface area contributed by atoms with Crippen LogP contribution in [0.4, 0.5) is 0 Å². The molecule has 0 N–H and O–H groups in total. The number of halogens is 3. The number of hydrogen-bond donors (Lipinski definition) is 0. The fourth-order valence-electron chi connectivity index (χ4n) is 1.17. The van der Waals surface area contributed by atoms with Gasteiger partial charge in [-0.3, -0.25) is 4.79 Å². The van der Waals surface area contributed by atoms with E-state index >= 15 is 0 Å². The van der Waals surface area contributed by atoms with Gasteiger partial charge in [0, 0.05) is 6.54 Å². The summed E-state index contributed by atoms with van der Waals surface area (Å²) in [6.45, 7) is 4.53. The lowest BCUT2D eigenvalue weighted by Crippen LogP contribution is -2.16. The van der Waals surface area contributed by atoms with Gasteiger partial charge in [-0.05, 0) is 5.92 Å². The molecule has 7 heteroatoms. The van der Waals surface area contributed by atoms with E-state index in [2.05, 4.69) is 10.3 Å². The molecule has 0 aliphatic carbocycles. The van der Waals surface area contributed by atoms with Crippen LogP contribution in [0.3, 0.4) is 0 Å². The van der Waals surface area contributed by atoms with Crippen molar-refractivity contribution in [2.45, 2.75) is 24.2 Å². The highest BCUT2D eigenvalue weighted by atomic mass is 35.6. The van der Waals surface area contributed by atoms with Crippen LogP contribution in [0, 0.1) is 5.92 Å². The minimum atomic E-state index is -1.69. The summed E-state index contributed by atoms with van der Waals surface area (Å²) in [7, 11) is 0. The highest BCUT2D eigenvalue weighted by Crippen LogP contribution is 2.39. The molecule has 84 valence electrons. The first kappa shape index (κ1) is 12.7. The monoisotopic (exact) mass is 269 g/mol. The van der Waals surface area contributed by atoms with Crippen molar-refractivity contribution in [3.8, 4) is 0 Å². The first-order valence-electron chi connectivity index (χ1n) is 4.32. The summed E-state index contributed by atoms with van der Waals surface area (Å²) < 4.78 is -0.240. The smallest absolute Gasteiger partial charge is 0.234 e. The molecule has 0 bridgehead atoms. The molecular weight excluding hydrogens is 260 g/mol. The number of hydrogen-bond acceptors (Lipinski definition) is 3. The molecule has 0 radical (unpaired) electrons. The average molecular weight is 271 g/mol. The minimum Gasteiger partial charge on any atom is -0.296 e. The molecule has 0 spiro atoms. The predicted molar refractivity (Wildman–Crippen MR) is 59.5 cm³/mol. The number of aromatic nitrogens is 3. The Morgan fingerprint density at radius 2 is 2.07 bits per heavy atom. The maximum atomic E-state index is 10.7. The third-order valence-electron chi connectivity index (χ3n) is 1.68. The van der Waals surface area contributed by atoms with Gasteiger partial charge in [0.05, 0.1) is 0 Å². The molecule has 1 aromatic heterocycles. The van der Waals surface area contributed by atoms with Gasteiger partial charge in [0.2, 0.25) is 3.79 Å². The summed E-state index contributed by atoms with van der Waals surface area (Å²) in [4.78, 5) is 10.7. The molecule has 0 unspecified atom stereocenters. The zero-order valence-electron chi connectivity index (χ0n) is 8.25. The zero-order chi connectivity index (χ0) is 11.6.